The van der Waals surface area contributed by atoms with Crippen LogP contribution in [0.15, 0.2) is 30.5 Å². The van der Waals surface area contributed by atoms with E-state index < -0.39 is 0 Å². The Morgan fingerprint density at radius 2 is 2.16 bits per heavy atom. The van der Waals surface area contributed by atoms with Crippen LogP contribution in [0.2, 0.25) is 0 Å². The number of pyridine rings is 1. The van der Waals surface area contributed by atoms with Crippen LogP contribution in [-0.4, -0.2) is 38.2 Å². The number of rotatable bonds is 5. The molecule has 1 aliphatic rings. The normalized spacial score (nSPS) is 17.0. The molecule has 0 unspecified atom stereocenters. The van der Waals surface area contributed by atoms with Crippen molar-refractivity contribution in [3.05, 3.63) is 47.7 Å². The predicted molar refractivity (Wildman–Crippen MR) is 92.5 cm³/mol. The second-order valence-corrected chi connectivity index (χ2v) is 6.13. The summed E-state index contributed by atoms with van der Waals surface area (Å²) in [6.45, 7) is 4.61. The Labute approximate surface area is 146 Å². The molecular weight excluding hydrogens is 318 g/mol. The van der Waals surface area contributed by atoms with Gasteiger partial charge in [-0.15, -0.1) is 0 Å². The summed E-state index contributed by atoms with van der Waals surface area (Å²) in [7, 11) is 0. The lowest BCUT2D eigenvalue weighted by molar-refractivity contribution is -0.128. The van der Waals surface area contributed by atoms with Crippen LogP contribution in [-0.2, 0) is 22.6 Å². The molecule has 7 nitrogen and oxygen atoms in total. The topological polar surface area (TPSA) is 88.1 Å². The van der Waals surface area contributed by atoms with Gasteiger partial charge in [-0.2, -0.15) is 0 Å². The van der Waals surface area contributed by atoms with Crippen LogP contribution >= 0.6 is 0 Å². The molecule has 7 heteroatoms. The number of nitrogens with zero attached hydrogens (tertiary/aromatic N) is 4. The summed E-state index contributed by atoms with van der Waals surface area (Å²) >= 11 is 0. The average Bonchev–Trinajstić information content (AvgIpc) is 2.96. The SMILES string of the molecule is CCc1cc(NC(=O)[C@H]2CC(=O)N(Cc3ccccn3)C2)nc(C)n1. The van der Waals surface area contributed by atoms with E-state index in [2.05, 4.69) is 20.3 Å². The summed E-state index contributed by atoms with van der Waals surface area (Å²) in [5, 5.41) is 2.82. The van der Waals surface area contributed by atoms with Crippen LogP contribution in [0.1, 0.15) is 30.6 Å². The van der Waals surface area contributed by atoms with Crippen molar-refractivity contribution in [3.63, 3.8) is 0 Å². The number of aryl methyl sites for hydroxylation is 2. The first kappa shape index (κ1) is 17.0. The summed E-state index contributed by atoms with van der Waals surface area (Å²) in [6, 6.07) is 7.36. The number of carbonyl (C=O) groups excluding carboxylic acids is 2. The zero-order valence-corrected chi connectivity index (χ0v) is 14.4. The van der Waals surface area contributed by atoms with E-state index in [1.165, 1.54) is 0 Å². The third-order valence-electron chi connectivity index (χ3n) is 4.17. The van der Waals surface area contributed by atoms with Crippen LogP contribution in [0.5, 0.6) is 0 Å². The molecule has 1 saturated heterocycles. The van der Waals surface area contributed by atoms with Crippen molar-refractivity contribution < 1.29 is 9.59 Å². The van der Waals surface area contributed by atoms with E-state index >= 15 is 0 Å². The minimum atomic E-state index is -0.378. The third-order valence-corrected chi connectivity index (χ3v) is 4.17. The highest BCUT2D eigenvalue weighted by atomic mass is 16.2. The van der Waals surface area contributed by atoms with Gasteiger partial charge < -0.3 is 10.2 Å². The maximum atomic E-state index is 12.5. The number of hydrogen-bond acceptors (Lipinski definition) is 5. The first-order valence-electron chi connectivity index (χ1n) is 8.38. The third kappa shape index (κ3) is 4.17. The Kier molecular flexibility index (Phi) is 5.02. The number of nitrogens with one attached hydrogen (secondary N) is 1. The Hall–Kier alpha value is -2.83. The van der Waals surface area contributed by atoms with E-state index in [1.807, 2.05) is 25.1 Å². The monoisotopic (exact) mass is 339 g/mol. The quantitative estimate of drug-likeness (QED) is 0.896. The molecule has 0 aromatic carbocycles. The molecular formula is C18H21N5O2. The smallest absolute Gasteiger partial charge is 0.230 e. The maximum absolute atomic E-state index is 12.5. The molecule has 0 radical (unpaired) electrons. The molecule has 3 rings (SSSR count). The van der Waals surface area contributed by atoms with Gasteiger partial charge in [0.2, 0.25) is 11.8 Å². The molecule has 0 aliphatic carbocycles. The van der Waals surface area contributed by atoms with E-state index in [-0.39, 0.29) is 24.2 Å². The van der Waals surface area contributed by atoms with Crippen LogP contribution in [0.4, 0.5) is 5.82 Å². The van der Waals surface area contributed by atoms with E-state index in [4.69, 9.17) is 0 Å². The molecule has 0 spiro atoms. The molecule has 1 N–H and O–H groups in total. The van der Waals surface area contributed by atoms with Crippen LogP contribution in [0.3, 0.4) is 0 Å². The van der Waals surface area contributed by atoms with Crippen LogP contribution in [0.25, 0.3) is 0 Å². The fourth-order valence-corrected chi connectivity index (χ4v) is 2.89. The molecule has 3 heterocycles. The molecule has 1 atom stereocenters. The lowest BCUT2D eigenvalue weighted by Crippen LogP contribution is -2.28. The van der Waals surface area contributed by atoms with Gasteiger partial charge in [-0.25, -0.2) is 9.97 Å². The molecule has 0 saturated carbocycles. The van der Waals surface area contributed by atoms with Gasteiger partial charge >= 0.3 is 0 Å². The molecule has 1 fully saturated rings. The van der Waals surface area contributed by atoms with Crippen molar-refractivity contribution >= 4 is 17.6 Å². The minimum Gasteiger partial charge on any atom is -0.336 e. The second-order valence-electron chi connectivity index (χ2n) is 6.13. The summed E-state index contributed by atoms with van der Waals surface area (Å²) in [4.78, 5) is 39.1. The molecule has 1 aliphatic heterocycles. The van der Waals surface area contributed by atoms with E-state index in [0.717, 1.165) is 17.8 Å². The standard InChI is InChI=1S/C18H21N5O2/c1-3-14-9-16(21-12(2)20-14)22-18(25)13-8-17(24)23(10-13)11-15-6-4-5-7-19-15/h4-7,9,13H,3,8,10-11H2,1-2H3,(H,20,21,22,25)/t13-/m0/s1. The molecule has 25 heavy (non-hydrogen) atoms. The Bertz CT molecular complexity index is 778. The fourth-order valence-electron chi connectivity index (χ4n) is 2.89. The summed E-state index contributed by atoms with van der Waals surface area (Å²) in [6.07, 6.45) is 2.68. The molecule has 130 valence electrons. The van der Waals surface area contributed by atoms with Gasteiger partial charge in [-0.3, -0.25) is 14.6 Å². The van der Waals surface area contributed by atoms with Gasteiger partial charge in [0, 0.05) is 30.9 Å². The van der Waals surface area contributed by atoms with Crippen molar-refractivity contribution in [2.24, 2.45) is 5.92 Å². The number of amides is 2. The number of anilines is 1. The molecule has 0 bridgehead atoms. The first-order chi connectivity index (χ1) is 12.0. The van der Waals surface area contributed by atoms with Crippen LogP contribution < -0.4 is 5.32 Å². The zero-order valence-electron chi connectivity index (χ0n) is 14.4. The number of hydrogen-bond donors (Lipinski definition) is 1. The fraction of sp³-hybridized carbons (Fsp3) is 0.389. The van der Waals surface area contributed by atoms with Gasteiger partial charge in [0.25, 0.3) is 0 Å². The zero-order chi connectivity index (χ0) is 17.8. The highest BCUT2D eigenvalue weighted by molar-refractivity contribution is 5.96. The highest BCUT2D eigenvalue weighted by Gasteiger charge is 2.34. The van der Waals surface area contributed by atoms with Crippen molar-refractivity contribution in [2.45, 2.75) is 33.2 Å². The summed E-state index contributed by atoms with van der Waals surface area (Å²) in [5.41, 5.74) is 1.69. The Morgan fingerprint density at radius 3 is 2.88 bits per heavy atom. The summed E-state index contributed by atoms with van der Waals surface area (Å²) < 4.78 is 0. The van der Waals surface area contributed by atoms with Gasteiger partial charge in [-0.05, 0) is 25.5 Å². The van der Waals surface area contributed by atoms with Crippen molar-refractivity contribution in [2.75, 3.05) is 11.9 Å². The Morgan fingerprint density at radius 1 is 1.32 bits per heavy atom. The second kappa shape index (κ2) is 7.38. The van der Waals surface area contributed by atoms with E-state index in [9.17, 15) is 9.59 Å². The van der Waals surface area contributed by atoms with Crippen molar-refractivity contribution in [3.8, 4) is 0 Å². The predicted octanol–water partition coefficient (Wildman–Crippen LogP) is 1.73. The molecule has 2 aromatic rings. The lowest BCUT2D eigenvalue weighted by Gasteiger charge is -2.16. The van der Waals surface area contributed by atoms with Crippen LogP contribution in [0, 0.1) is 12.8 Å². The first-order valence-corrected chi connectivity index (χ1v) is 8.38. The number of carbonyl (C=O) groups is 2. The maximum Gasteiger partial charge on any atom is 0.230 e. The lowest BCUT2D eigenvalue weighted by atomic mass is 10.1. The number of aromatic nitrogens is 3. The minimum absolute atomic E-state index is 0.0288. The molecule has 2 aromatic heterocycles. The summed E-state index contributed by atoms with van der Waals surface area (Å²) in [5.74, 6) is 0.520. The van der Waals surface area contributed by atoms with Gasteiger partial charge in [0.15, 0.2) is 0 Å². The van der Waals surface area contributed by atoms with Gasteiger partial charge in [-0.1, -0.05) is 13.0 Å². The van der Waals surface area contributed by atoms with Gasteiger partial charge in [0.05, 0.1) is 18.2 Å². The van der Waals surface area contributed by atoms with Crippen molar-refractivity contribution in [1.82, 2.24) is 19.9 Å². The van der Waals surface area contributed by atoms with Gasteiger partial charge in [0.1, 0.15) is 11.6 Å². The number of likely N-dealkylation sites (tertiary alicyclic amines) is 1. The highest BCUT2D eigenvalue weighted by Crippen LogP contribution is 2.21. The molecule has 2 amide bonds. The largest absolute Gasteiger partial charge is 0.336 e. The average molecular weight is 339 g/mol. The van der Waals surface area contributed by atoms with E-state index in [1.54, 1.807) is 24.1 Å². The van der Waals surface area contributed by atoms with Crippen molar-refractivity contribution in [1.29, 1.82) is 0 Å². The Balaban J connectivity index is 1.64. The van der Waals surface area contributed by atoms with E-state index in [0.29, 0.717) is 24.7 Å².